The highest BCUT2D eigenvalue weighted by Gasteiger charge is 2.00. The van der Waals surface area contributed by atoms with E-state index in [2.05, 4.69) is 36.6 Å². The summed E-state index contributed by atoms with van der Waals surface area (Å²) in [5.74, 6) is 0. The highest BCUT2D eigenvalue weighted by Crippen LogP contribution is 2.19. The summed E-state index contributed by atoms with van der Waals surface area (Å²) in [6, 6.07) is 8.53. The van der Waals surface area contributed by atoms with E-state index in [9.17, 15) is 0 Å². The van der Waals surface area contributed by atoms with Crippen molar-refractivity contribution in [1.82, 2.24) is 4.57 Å². The molecule has 0 saturated carbocycles. The molecular weight excluding hydrogens is 190 g/mol. The van der Waals surface area contributed by atoms with Gasteiger partial charge in [0.2, 0.25) is 0 Å². The van der Waals surface area contributed by atoms with Crippen LogP contribution in [0.5, 0.6) is 0 Å². The van der Waals surface area contributed by atoms with Gasteiger partial charge in [-0.1, -0.05) is 24.4 Å². The topological polar surface area (TPSA) is 4.93 Å². The lowest BCUT2D eigenvalue weighted by Crippen LogP contribution is -1.96. The van der Waals surface area contributed by atoms with Gasteiger partial charge in [-0.3, -0.25) is 0 Å². The average molecular weight is 203 g/mol. The SMILES string of the molecule is Cc1ccc2c(C)cc(=S)n(C)c2c1. The summed E-state index contributed by atoms with van der Waals surface area (Å²) in [4.78, 5) is 0. The van der Waals surface area contributed by atoms with Crippen molar-refractivity contribution in [3.05, 3.63) is 40.0 Å². The molecule has 2 heteroatoms. The number of rotatable bonds is 0. The second-order valence-electron chi connectivity index (χ2n) is 3.75. The van der Waals surface area contributed by atoms with Crippen LogP contribution in [0.15, 0.2) is 24.3 Å². The molecule has 0 atom stereocenters. The van der Waals surface area contributed by atoms with Gasteiger partial charge in [0, 0.05) is 18.0 Å². The van der Waals surface area contributed by atoms with Gasteiger partial charge in [0.15, 0.2) is 0 Å². The van der Waals surface area contributed by atoms with Gasteiger partial charge < -0.3 is 4.57 Å². The first-order valence-corrected chi connectivity index (χ1v) is 5.07. The molecule has 1 heterocycles. The van der Waals surface area contributed by atoms with Crippen molar-refractivity contribution in [1.29, 1.82) is 0 Å². The van der Waals surface area contributed by atoms with Gasteiger partial charge in [-0.15, -0.1) is 0 Å². The third kappa shape index (κ3) is 1.36. The number of fused-ring (bicyclic) bond motifs is 1. The first-order chi connectivity index (χ1) is 6.59. The lowest BCUT2D eigenvalue weighted by Gasteiger charge is -2.09. The van der Waals surface area contributed by atoms with Crippen molar-refractivity contribution in [2.24, 2.45) is 7.05 Å². The number of nitrogens with zero attached hydrogens (tertiary/aromatic N) is 1. The van der Waals surface area contributed by atoms with Crippen molar-refractivity contribution in [2.75, 3.05) is 0 Å². The zero-order valence-electron chi connectivity index (χ0n) is 8.66. The second-order valence-corrected chi connectivity index (χ2v) is 4.16. The van der Waals surface area contributed by atoms with E-state index in [0.717, 1.165) is 4.64 Å². The third-order valence-electron chi connectivity index (χ3n) is 2.61. The minimum Gasteiger partial charge on any atom is -0.335 e. The van der Waals surface area contributed by atoms with Crippen LogP contribution in [0.4, 0.5) is 0 Å². The van der Waals surface area contributed by atoms with Crippen LogP contribution < -0.4 is 0 Å². The molecule has 2 rings (SSSR count). The Balaban J connectivity index is 3.03. The molecule has 1 aromatic carbocycles. The zero-order valence-corrected chi connectivity index (χ0v) is 9.48. The van der Waals surface area contributed by atoms with Gasteiger partial charge in [0.1, 0.15) is 4.64 Å². The summed E-state index contributed by atoms with van der Waals surface area (Å²) in [7, 11) is 2.02. The third-order valence-corrected chi connectivity index (χ3v) is 3.00. The number of aromatic nitrogens is 1. The molecule has 0 spiro atoms. The van der Waals surface area contributed by atoms with E-state index in [1.165, 1.54) is 22.0 Å². The van der Waals surface area contributed by atoms with Crippen LogP contribution >= 0.6 is 12.2 Å². The van der Waals surface area contributed by atoms with E-state index in [1.807, 2.05) is 13.1 Å². The van der Waals surface area contributed by atoms with Crippen molar-refractivity contribution >= 4 is 23.1 Å². The Morgan fingerprint density at radius 2 is 1.86 bits per heavy atom. The largest absolute Gasteiger partial charge is 0.335 e. The summed E-state index contributed by atoms with van der Waals surface area (Å²) < 4.78 is 2.95. The Kier molecular flexibility index (Phi) is 2.16. The maximum absolute atomic E-state index is 5.27. The van der Waals surface area contributed by atoms with Crippen LogP contribution in [0.1, 0.15) is 11.1 Å². The number of hydrogen-bond donors (Lipinski definition) is 0. The Bertz CT molecular complexity index is 552. The zero-order chi connectivity index (χ0) is 10.3. The lowest BCUT2D eigenvalue weighted by atomic mass is 10.1. The van der Waals surface area contributed by atoms with E-state index < -0.39 is 0 Å². The molecule has 72 valence electrons. The summed E-state index contributed by atoms with van der Waals surface area (Å²) >= 11 is 5.27. The summed E-state index contributed by atoms with van der Waals surface area (Å²) in [6.45, 7) is 4.21. The minimum absolute atomic E-state index is 0.889. The van der Waals surface area contributed by atoms with Crippen molar-refractivity contribution in [2.45, 2.75) is 13.8 Å². The van der Waals surface area contributed by atoms with Crippen LogP contribution in [-0.4, -0.2) is 4.57 Å². The fraction of sp³-hybridized carbons (Fsp3) is 0.250. The standard InChI is InChI=1S/C12H13NS/c1-8-4-5-10-9(2)7-12(14)13(3)11(10)6-8/h4-7H,1-3H3. The van der Waals surface area contributed by atoms with Gasteiger partial charge in [0.25, 0.3) is 0 Å². The number of hydrogen-bond acceptors (Lipinski definition) is 1. The normalized spacial score (nSPS) is 10.8. The smallest absolute Gasteiger partial charge is 0.106 e. The number of benzene rings is 1. The molecule has 0 amide bonds. The van der Waals surface area contributed by atoms with E-state index >= 15 is 0 Å². The fourth-order valence-electron chi connectivity index (χ4n) is 1.73. The van der Waals surface area contributed by atoms with E-state index in [-0.39, 0.29) is 0 Å². The van der Waals surface area contributed by atoms with Gasteiger partial charge in [-0.05, 0) is 37.1 Å². The van der Waals surface area contributed by atoms with E-state index in [4.69, 9.17) is 12.2 Å². The van der Waals surface area contributed by atoms with Crippen molar-refractivity contribution in [3.63, 3.8) is 0 Å². The molecule has 0 radical (unpaired) electrons. The summed E-state index contributed by atoms with van der Waals surface area (Å²) in [5.41, 5.74) is 3.74. The minimum atomic E-state index is 0.889. The van der Waals surface area contributed by atoms with Crippen molar-refractivity contribution in [3.8, 4) is 0 Å². The predicted molar refractivity (Wildman–Crippen MR) is 63.2 cm³/mol. The molecule has 14 heavy (non-hydrogen) atoms. The fourth-order valence-corrected chi connectivity index (χ4v) is 2.01. The number of pyridine rings is 1. The maximum atomic E-state index is 5.27. The van der Waals surface area contributed by atoms with Gasteiger partial charge >= 0.3 is 0 Å². The molecule has 0 saturated heterocycles. The molecular formula is C12H13NS. The van der Waals surface area contributed by atoms with Crippen LogP contribution in [0.25, 0.3) is 10.9 Å². The van der Waals surface area contributed by atoms with E-state index in [0.29, 0.717) is 0 Å². The van der Waals surface area contributed by atoms with Gasteiger partial charge in [0.05, 0.1) is 0 Å². The lowest BCUT2D eigenvalue weighted by molar-refractivity contribution is 0.932. The van der Waals surface area contributed by atoms with Crippen LogP contribution in [0.2, 0.25) is 0 Å². The Hall–Kier alpha value is -1.15. The molecule has 0 bridgehead atoms. The highest BCUT2D eigenvalue weighted by atomic mass is 32.1. The van der Waals surface area contributed by atoms with Crippen LogP contribution in [0, 0.1) is 18.5 Å². The first kappa shape index (κ1) is 9.41. The highest BCUT2D eigenvalue weighted by molar-refractivity contribution is 7.71. The molecule has 1 aromatic heterocycles. The molecule has 0 fully saturated rings. The Labute approximate surface area is 89.0 Å². The van der Waals surface area contributed by atoms with Crippen molar-refractivity contribution < 1.29 is 0 Å². The Morgan fingerprint density at radius 1 is 1.14 bits per heavy atom. The monoisotopic (exact) mass is 203 g/mol. The summed E-state index contributed by atoms with van der Waals surface area (Å²) in [6.07, 6.45) is 0. The van der Waals surface area contributed by atoms with Crippen LogP contribution in [0.3, 0.4) is 0 Å². The molecule has 0 aliphatic rings. The predicted octanol–water partition coefficient (Wildman–Crippen LogP) is 3.52. The molecule has 2 aromatic rings. The first-order valence-electron chi connectivity index (χ1n) is 4.66. The van der Waals surface area contributed by atoms with Crippen LogP contribution in [-0.2, 0) is 7.05 Å². The number of aryl methyl sites for hydroxylation is 3. The molecule has 0 N–H and O–H groups in total. The Morgan fingerprint density at radius 3 is 2.57 bits per heavy atom. The molecule has 0 aliphatic heterocycles. The van der Waals surface area contributed by atoms with Gasteiger partial charge in [-0.2, -0.15) is 0 Å². The maximum Gasteiger partial charge on any atom is 0.106 e. The van der Waals surface area contributed by atoms with E-state index in [1.54, 1.807) is 0 Å². The molecule has 0 aliphatic carbocycles. The molecule has 1 nitrogen and oxygen atoms in total. The average Bonchev–Trinajstić information content (AvgIpc) is 2.14. The quantitative estimate of drug-likeness (QED) is 0.593. The summed E-state index contributed by atoms with van der Waals surface area (Å²) in [5, 5.41) is 1.28. The molecule has 0 unspecified atom stereocenters. The van der Waals surface area contributed by atoms with Gasteiger partial charge in [-0.25, -0.2) is 0 Å². The second kappa shape index (κ2) is 3.21.